The Kier molecular flexibility index (Phi) is 6.08. The van der Waals surface area contributed by atoms with E-state index in [0.29, 0.717) is 30.1 Å². The summed E-state index contributed by atoms with van der Waals surface area (Å²) in [6, 6.07) is 19.8. The summed E-state index contributed by atoms with van der Waals surface area (Å²) in [5.41, 5.74) is 2.88. The molecule has 1 aromatic heterocycles. The zero-order chi connectivity index (χ0) is 21.6. The highest BCUT2D eigenvalue weighted by Gasteiger charge is 2.31. The minimum atomic E-state index is -1.15. The van der Waals surface area contributed by atoms with E-state index in [1.807, 2.05) is 42.5 Å². The number of hydrogen-bond acceptors (Lipinski definition) is 7. The molecule has 3 aromatic rings. The van der Waals surface area contributed by atoms with Crippen LogP contribution in [0.2, 0.25) is 0 Å². The highest BCUT2D eigenvalue weighted by atomic mass is 16.5. The van der Waals surface area contributed by atoms with Crippen molar-refractivity contribution >= 4 is 28.5 Å². The second kappa shape index (κ2) is 9.26. The van der Waals surface area contributed by atoms with Crippen molar-refractivity contribution in [2.45, 2.75) is 5.92 Å². The van der Waals surface area contributed by atoms with Gasteiger partial charge in [-0.1, -0.05) is 43.0 Å². The maximum atomic E-state index is 12.6. The lowest BCUT2D eigenvalue weighted by molar-refractivity contribution is -0.142. The molecule has 156 valence electrons. The van der Waals surface area contributed by atoms with Crippen molar-refractivity contribution in [1.82, 2.24) is 9.97 Å². The van der Waals surface area contributed by atoms with Crippen molar-refractivity contribution in [2.24, 2.45) is 0 Å². The van der Waals surface area contributed by atoms with Gasteiger partial charge in [0.1, 0.15) is 12.3 Å². The first-order valence-corrected chi connectivity index (χ1v) is 10.2. The second-order valence-electron chi connectivity index (χ2n) is 7.21. The van der Waals surface area contributed by atoms with Crippen molar-refractivity contribution in [3.05, 3.63) is 72.9 Å². The van der Waals surface area contributed by atoms with E-state index in [9.17, 15) is 10.1 Å². The summed E-state index contributed by atoms with van der Waals surface area (Å²) in [5, 5.41) is 9.76. The van der Waals surface area contributed by atoms with Gasteiger partial charge in [0.05, 0.1) is 17.1 Å². The number of hydrogen-bond donors (Lipinski definition) is 0. The smallest absolute Gasteiger partial charge is 0.330 e. The van der Waals surface area contributed by atoms with Crippen molar-refractivity contribution in [3.63, 3.8) is 0 Å². The summed E-state index contributed by atoms with van der Waals surface area (Å²) in [6.07, 6.45) is 1.47. The topological polar surface area (TPSA) is 82.3 Å². The van der Waals surface area contributed by atoms with Crippen LogP contribution in [-0.4, -0.2) is 48.7 Å². The molecule has 0 aliphatic carbocycles. The van der Waals surface area contributed by atoms with Crippen LogP contribution in [0.15, 0.2) is 67.3 Å². The van der Waals surface area contributed by atoms with Crippen LogP contribution < -0.4 is 9.80 Å². The van der Waals surface area contributed by atoms with Gasteiger partial charge in [0.25, 0.3) is 0 Å². The average molecular weight is 413 g/mol. The van der Waals surface area contributed by atoms with Crippen LogP contribution in [0, 0.1) is 11.3 Å². The number of benzene rings is 2. The van der Waals surface area contributed by atoms with Gasteiger partial charge >= 0.3 is 5.97 Å². The molecular weight excluding hydrogens is 390 g/mol. The summed E-state index contributed by atoms with van der Waals surface area (Å²) in [5.74, 6) is -1.23. The number of nitrogens with zero attached hydrogens (tertiary/aromatic N) is 5. The molecule has 0 bridgehead atoms. The van der Waals surface area contributed by atoms with Gasteiger partial charge in [-0.25, -0.2) is 9.97 Å². The number of nitriles is 1. The third-order valence-electron chi connectivity index (χ3n) is 5.26. The summed E-state index contributed by atoms with van der Waals surface area (Å²) < 4.78 is 5.15. The molecule has 1 atom stereocenters. The molecule has 0 N–H and O–H groups in total. The van der Waals surface area contributed by atoms with E-state index in [1.54, 1.807) is 0 Å². The highest BCUT2D eigenvalue weighted by molar-refractivity contribution is 5.85. The molecular formula is C24H23N5O2. The number of carbonyl (C=O) groups is 1. The van der Waals surface area contributed by atoms with Gasteiger partial charge in [-0.2, -0.15) is 5.26 Å². The number of aromatic nitrogens is 2. The Balaban J connectivity index is 1.66. The van der Waals surface area contributed by atoms with Crippen molar-refractivity contribution < 1.29 is 9.53 Å². The molecule has 0 saturated carbocycles. The molecule has 1 aliphatic rings. The van der Waals surface area contributed by atoms with Gasteiger partial charge in [-0.05, 0) is 24.3 Å². The highest BCUT2D eigenvalue weighted by Crippen LogP contribution is 2.29. The quantitative estimate of drug-likeness (QED) is 0.453. The van der Waals surface area contributed by atoms with Crippen LogP contribution >= 0.6 is 0 Å². The molecule has 0 amide bonds. The number of carbonyl (C=O) groups excluding carboxylic acids is 1. The summed E-state index contributed by atoms with van der Waals surface area (Å²) in [7, 11) is 0. The third-order valence-corrected chi connectivity index (χ3v) is 5.26. The van der Waals surface area contributed by atoms with E-state index >= 15 is 0 Å². The van der Waals surface area contributed by atoms with Crippen LogP contribution in [-0.2, 0) is 9.53 Å². The van der Waals surface area contributed by atoms with Gasteiger partial charge in [0.15, 0.2) is 11.7 Å². The Bertz CT molecular complexity index is 1120. The van der Waals surface area contributed by atoms with Crippen LogP contribution in [0.1, 0.15) is 11.6 Å². The van der Waals surface area contributed by atoms with E-state index in [1.165, 1.54) is 11.8 Å². The number of esters is 1. The number of anilines is 2. The molecule has 7 heteroatoms. The van der Waals surface area contributed by atoms with E-state index < -0.39 is 11.9 Å². The summed E-state index contributed by atoms with van der Waals surface area (Å²) in [6.45, 7) is 6.61. The van der Waals surface area contributed by atoms with Crippen LogP contribution in [0.4, 0.5) is 11.5 Å². The second-order valence-corrected chi connectivity index (χ2v) is 7.21. The first-order valence-electron chi connectivity index (χ1n) is 10.2. The van der Waals surface area contributed by atoms with Crippen molar-refractivity contribution in [2.75, 3.05) is 42.6 Å². The summed E-state index contributed by atoms with van der Waals surface area (Å²) >= 11 is 0. The standard InChI is InChI=1S/C24H23N5O2/c1-2-16-31-24(30)19(17-25)22-23(27-21-11-7-6-10-20(21)26-22)29-14-12-28(13-15-29)18-8-4-3-5-9-18/h2-11,19H,1,12-16H2. The third kappa shape index (κ3) is 4.33. The van der Waals surface area contributed by atoms with Crippen LogP contribution in [0.5, 0.6) is 0 Å². The minimum absolute atomic E-state index is 0.0447. The number of rotatable bonds is 6. The Labute approximate surface area is 181 Å². The normalized spacial score (nSPS) is 14.7. The molecule has 4 rings (SSSR count). The van der Waals surface area contributed by atoms with E-state index in [-0.39, 0.29) is 6.61 Å². The van der Waals surface area contributed by atoms with Gasteiger partial charge < -0.3 is 14.5 Å². The number of fused-ring (bicyclic) bond motifs is 1. The number of para-hydroxylation sites is 3. The first kappa shape index (κ1) is 20.4. The lowest BCUT2D eigenvalue weighted by Gasteiger charge is -2.37. The predicted octanol–water partition coefficient (Wildman–Crippen LogP) is 3.29. The molecule has 1 aliphatic heterocycles. The van der Waals surface area contributed by atoms with Gasteiger partial charge in [0.2, 0.25) is 0 Å². The fourth-order valence-corrected chi connectivity index (χ4v) is 3.70. The van der Waals surface area contributed by atoms with Crippen LogP contribution in [0.3, 0.4) is 0 Å². The predicted molar refractivity (Wildman–Crippen MR) is 120 cm³/mol. The monoisotopic (exact) mass is 413 g/mol. The Morgan fingerprint density at radius 2 is 1.65 bits per heavy atom. The van der Waals surface area contributed by atoms with Crippen LogP contribution in [0.25, 0.3) is 11.0 Å². The van der Waals surface area contributed by atoms with Crippen molar-refractivity contribution in [1.29, 1.82) is 5.26 Å². The molecule has 1 fully saturated rings. The minimum Gasteiger partial charge on any atom is -0.460 e. The van der Waals surface area contributed by atoms with Gasteiger partial charge in [-0.3, -0.25) is 4.79 Å². The maximum Gasteiger partial charge on any atom is 0.330 e. The van der Waals surface area contributed by atoms with Crippen molar-refractivity contribution in [3.8, 4) is 6.07 Å². The molecule has 7 nitrogen and oxygen atoms in total. The van der Waals surface area contributed by atoms with Gasteiger partial charge in [0, 0.05) is 31.9 Å². The average Bonchev–Trinajstić information content (AvgIpc) is 2.83. The fourth-order valence-electron chi connectivity index (χ4n) is 3.70. The van der Waals surface area contributed by atoms with E-state index in [0.717, 1.165) is 18.6 Å². The zero-order valence-electron chi connectivity index (χ0n) is 17.1. The SMILES string of the molecule is C=CCOC(=O)C(C#N)c1nc2ccccc2nc1N1CCN(c2ccccc2)CC1. The molecule has 0 spiro atoms. The Morgan fingerprint density at radius 3 is 2.29 bits per heavy atom. The molecule has 2 aromatic carbocycles. The molecule has 31 heavy (non-hydrogen) atoms. The zero-order valence-corrected chi connectivity index (χ0v) is 17.1. The summed E-state index contributed by atoms with van der Waals surface area (Å²) in [4.78, 5) is 26.4. The molecule has 1 saturated heterocycles. The van der Waals surface area contributed by atoms with E-state index in [2.05, 4.69) is 39.6 Å². The number of piperazine rings is 1. The first-order chi connectivity index (χ1) is 15.2. The molecule has 2 heterocycles. The lowest BCUT2D eigenvalue weighted by Crippen LogP contribution is -2.47. The molecule has 1 unspecified atom stereocenters. The molecule has 0 radical (unpaired) electrons. The number of ether oxygens (including phenoxy) is 1. The van der Waals surface area contributed by atoms with Gasteiger partial charge in [-0.15, -0.1) is 0 Å². The van der Waals surface area contributed by atoms with E-state index in [4.69, 9.17) is 9.72 Å². The lowest BCUT2D eigenvalue weighted by atomic mass is 10.1. The Morgan fingerprint density at radius 1 is 1.03 bits per heavy atom. The maximum absolute atomic E-state index is 12.6. The fraction of sp³-hybridized carbons (Fsp3) is 0.250. The Hall–Kier alpha value is -3.92. The largest absolute Gasteiger partial charge is 0.460 e.